The highest BCUT2D eigenvalue weighted by Gasteiger charge is 2.31. The topological polar surface area (TPSA) is 59.5 Å². The van der Waals surface area contributed by atoms with Crippen LogP contribution in [0, 0.1) is 11.6 Å². The van der Waals surface area contributed by atoms with Crippen LogP contribution in [0.4, 0.5) is 8.78 Å². The van der Waals surface area contributed by atoms with Crippen molar-refractivity contribution in [2.24, 2.45) is 0 Å². The average molecular weight is 404 g/mol. The van der Waals surface area contributed by atoms with Gasteiger partial charge in [0.15, 0.2) is 11.6 Å². The molecule has 1 aliphatic heterocycles. The number of pyridine rings is 1. The molecular weight excluding hydrogens is 386 g/mol. The van der Waals surface area contributed by atoms with Gasteiger partial charge >= 0.3 is 0 Å². The Labute approximate surface area is 161 Å². The number of para-hydroxylation sites is 1. The van der Waals surface area contributed by atoms with Gasteiger partial charge in [0, 0.05) is 24.7 Å². The van der Waals surface area contributed by atoms with E-state index in [9.17, 15) is 17.2 Å². The lowest BCUT2D eigenvalue weighted by Crippen LogP contribution is -2.41. The van der Waals surface area contributed by atoms with Crippen LogP contribution in [0.3, 0.4) is 0 Å². The van der Waals surface area contributed by atoms with Crippen molar-refractivity contribution in [1.82, 2.24) is 9.29 Å². The number of sulfonamides is 1. The quantitative estimate of drug-likeness (QED) is 0.665. The Balaban J connectivity index is 1.46. The number of ether oxygens (including phenoxy) is 1. The van der Waals surface area contributed by atoms with Crippen molar-refractivity contribution in [3.05, 3.63) is 66.4 Å². The maximum Gasteiger partial charge on any atom is 0.243 e. The molecule has 5 nitrogen and oxygen atoms in total. The largest absolute Gasteiger partial charge is 0.488 e. The summed E-state index contributed by atoms with van der Waals surface area (Å²) in [6.07, 6.45) is 2.54. The van der Waals surface area contributed by atoms with Crippen molar-refractivity contribution in [2.75, 3.05) is 13.1 Å². The Morgan fingerprint density at radius 3 is 2.50 bits per heavy atom. The van der Waals surface area contributed by atoms with Gasteiger partial charge in [0.2, 0.25) is 10.0 Å². The molecule has 2 aromatic carbocycles. The third kappa shape index (κ3) is 3.57. The molecule has 0 spiro atoms. The molecule has 1 fully saturated rings. The Bertz CT molecular complexity index is 1110. The predicted molar refractivity (Wildman–Crippen MR) is 101 cm³/mol. The van der Waals surface area contributed by atoms with Crippen molar-refractivity contribution in [2.45, 2.75) is 23.8 Å². The molecule has 0 bridgehead atoms. The molecule has 0 amide bonds. The van der Waals surface area contributed by atoms with Crippen LogP contribution in [-0.4, -0.2) is 36.9 Å². The molecule has 0 saturated carbocycles. The maximum atomic E-state index is 13.4. The molecule has 1 aliphatic rings. The van der Waals surface area contributed by atoms with Gasteiger partial charge in [0.05, 0.1) is 4.90 Å². The minimum Gasteiger partial charge on any atom is -0.488 e. The maximum absolute atomic E-state index is 13.4. The first kappa shape index (κ1) is 18.8. The van der Waals surface area contributed by atoms with E-state index in [1.165, 1.54) is 4.31 Å². The molecule has 3 aromatic rings. The standard InChI is InChI=1S/C20H18F2N2O3S/c21-17-7-6-16(13-18(17)22)28(25,26)24-11-8-15(9-12-24)27-19-5-1-3-14-4-2-10-23-20(14)19/h1-7,10,13,15H,8-9,11-12H2. The number of halogens is 2. The average Bonchev–Trinajstić information content (AvgIpc) is 2.71. The second kappa shape index (κ2) is 7.44. The van der Waals surface area contributed by atoms with Crippen molar-refractivity contribution in [3.8, 4) is 5.75 Å². The van der Waals surface area contributed by atoms with Crippen LogP contribution < -0.4 is 4.74 Å². The predicted octanol–water partition coefficient (Wildman–Crippen LogP) is 3.75. The number of piperidine rings is 1. The summed E-state index contributed by atoms with van der Waals surface area (Å²) in [5.41, 5.74) is 0.766. The highest BCUT2D eigenvalue weighted by Crippen LogP contribution is 2.28. The molecule has 1 aromatic heterocycles. The van der Waals surface area contributed by atoms with Gasteiger partial charge in [0.1, 0.15) is 17.4 Å². The Morgan fingerprint density at radius 1 is 1.00 bits per heavy atom. The third-order valence-corrected chi connectivity index (χ3v) is 6.71. The molecule has 146 valence electrons. The minimum absolute atomic E-state index is 0.149. The van der Waals surface area contributed by atoms with E-state index in [0.717, 1.165) is 29.1 Å². The summed E-state index contributed by atoms with van der Waals surface area (Å²) in [5.74, 6) is -1.59. The summed E-state index contributed by atoms with van der Waals surface area (Å²) in [7, 11) is -3.87. The summed E-state index contributed by atoms with van der Waals surface area (Å²) in [6.45, 7) is 0.481. The van der Waals surface area contributed by atoms with Crippen LogP contribution >= 0.6 is 0 Å². The third-order valence-electron chi connectivity index (χ3n) is 4.82. The Morgan fingerprint density at radius 2 is 1.75 bits per heavy atom. The van der Waals surface area contributed by atoms with Crippen LogP contribution in [0.15, 0.2) is 59.6 Å². The monoisotopic (exact) mass is 404 g/mol. The second-order valence-corrected chi connectivity index (χ2v) is 8.57. The number of rotatable bonds is 4. The smallest absolute Gasteiger partial charge is 0.243 e. The van der Waals surface area contributed by atoms with Gasteiger partial charge in [-0.1, -0.05) is 18.2 Å². The summed E-state index contributed by atoms with van der Waals surface area (Å²) in [5, 5.41) is 0.971. The van der Waals surface area contributed by atoms with Crippen LogP contribution in [0.5, 0.6) is 5.75 Å². The van der Waals surface area contributed by atoms with Crippen LogP contribution in [0.2, 0.25) is 0 Å². The van der Waals surface area contributed by atoms with Crippen LogP contribution in [-0.2, 0) is 10.0 Å². The summed E-state index contributed by atoms with van der Waals surface area (Å²) >= 11 is 0. The number of benzene rings is 2. The number of hydrogen-bond donors (Lipinski definition) is 0. The molecule has 28 heavy (non-hydrogen) atoms. The fourth-order valence-corrected chi connectivity index (χ4v) is 4.81. The molecule has 0 unspecified atom stereocenters. The van der Waals surface area contributed by atoms with Gasteiger partial charge in [-0.2, -0.15) is 4.31 Å². The van der Waals surface area contributed by atoms with Gasteiger partial charge in [-0.05, 0) is 43.2 Å². The van der Waals surface area contributed by atoms with Crippen molar-refractivity contribution in [1.29, 1.82) is 0 Å². The molecule has 8 heteroatoms. The van der Waals surface area contributed by atoms with E-state index in [-0.39, 0.29) is 24.1 Å². The normalized spacial score (nSPS) is 16.4. The van der Waals surface area contributed by atoms with E-state index < -0.39 is 21.7 Å². The van der Waals surface area contributed by atoms with E-state index in [4.69, 9.17) is 4.74 Å². The molecular formula is C20H18F2N2O3S. The lowest BCUT2D eigenvalue weighted by molar-refractivity contribution is 0.136. The molecule has 4 rings (SSSR count). The van der Waals surface area contributed by atoms with Gasteiger partial charge in [-0.25, -0.2) is 17.2 Å². The summed E-state index contributed by atoms with van der Waals surface area (Å²) in [4.78, 5) is 4.11. The number of hydrogen-bond acceptors (Lipinski definition) is 4. The first-order valence-electron chi connectivity index (χ1n) is 8.91. The molecule has 0 atom stereocenters. The molecule has 1 saturated heterocycles. The molecule has 0 N–H and O–H groups in total. The number of aromatic nitrogens is 1. The molecule has 2 heterocycles. The van der Waals surface area contributed by atoms with Gasteiger partial charge in [-0.15, -0.1) is 0 Å². The lowest BCUT2D eigenvalue weighted by Gasteiger charge is -2.31. The Kier molecular flexibility index (Phi) is 4.99. The van der Waals surface area contributed by atoms with Crippen LogP contribution in [0.1, 0.15) is 12.8 Å². The van der Waals surface area contributed by atoms with E-state index in [1.54, 1.807) is 6.20 Å². The van der Waals surface area contributed by atoms with Gasteiger partial charge in [0.25, 0.3) is 0 Å². The molecule has 0 radical (unpaired) electrons. The second-order valence-electron chi connectivity index (χ2n) is 6.63. The zero-order chi connectivity index (χ0) is 19.7. The number of nitrogens with zero attached hydrogens (tertiary/aromatic N) is 2. The van der Waals surface area contributed by atoms with E-state index in [1.807, 2.05) is 30.3 Å². The minimum atomic E-state index is -3.87. The SMILES string of the molecule is O=S(=O)(c1ccc(F)c(F)c1)N1CCC(Oc2cccc3cccnc23)CC1. The zero-order valence-electron chi connectivity index (χ0n) is 14.9. The first-order chi connectivity index (χ1) is 13.4. The fraction of sp³-hybridized carbons (Fsp3) is 0.250. The first-order valence-corrected chi connectivity index (χ1v) is 10.3. The number of fused-ring (bicyclic) bond motifs is 1. The van der Waals surface area contributed by atoms with Gasteiger partial charge in [-0.3, -0.25) is 4.98 Å². The highest BCUT2D eigenvalue weighted by molar-refractivity contribution is 7.89. The molecule has 0 aliphatic carbocycles. The van der Waals surface area contributed by atoms with E-state index in [2.05, 4.69) is 4.98 Å². The van der Waals surface area contributed by atoms with Crippen molar-refractivity contribution >= 4 is 20.9 Å². The summed E-state index contributed by atoms with van der Waals surface area (Å²) < 4.78 is 59.2. The van der Waals surface area contributed by atoms with Crippen LogP contribution in [0.25, 0.3) is 10.9 Å². The van der Waals surface area contributed by atoms with E-state index in [0.29, 0.717) is 18.6 Å². The Hall–Kier alpha value is -2.58. The van der Waals surface area contributed by atoms with Gasteiger partial charge < -0.3 is 4.74 Å². The summed E-state index contributed by atoms with van der Waals surface area (Å²) in [6, 6.07) is 12.1. The highest BCUT2D eigenvalue weighted by atomic mass is 32.2. The van der Waals surface area contributed by atoms with Crippen molar-refractivity contribution < 1.29 is 21.9 Å². The van der Waals surface area contributed by atoms with E-state index >= 15 is 0 Å². The lowest BCUT2D eigenvalue weighted by atomic mass is 10.1. The van der Waals surface area contributed by atoms with Crippen molar-refractivity contribution in [3.63, 3.8) is 0 Å². The fourth-order valence-electron chi connectivity index (χ4n) is 3.33. The zero-order valence-corrected chi connectivity index (χ0v) is 15.7.